The highest BCUT2D eigenvalue weighted by Gasteiger charge is 2.44. The van der Waals surface area contributed by atoms with Gasteiger partial charge in [0.15, 0.2) is 5.60 Å². The van der Waals surface area contributed by atoms with Gasteiger partial charge in [0.2, 0.25) is 0 Å². The molecule has 0 saturated carbocycles. The van der Waals surface area contributed by atoms with Crippen LogP contribution in [0.2, 0.25) is 0 Å². The Morgan fingerprint density at radius 3 is 2.43 bits per heavy atom. The first kappa shape index (κ1) is 20.9. The highest BCUT2D eigenvalue weighted by molar-refractivity contribution is 5.86. The van der Waals surface area contributed by atoms with Crippen LogP contribution in [0.15, 0.2) is 24.3 Å². The van der Waals surface area contributed by atoms with Gasteiger partial charge in [-0.3, -0.25) is 9.69 Å². The normalized spacial score (nSPS) is 24.5. The molecule has 0 spiro atoms. The molecule has 1 aromatic carbocycles. The molecule has 156 valence electrons. The fraction of sp³-hybridized carbons (Fsp3) is 0.682. The second kappa shape index (κ2) is 8.29. The Morgan fingerprint density at radius 1 is 1.11 bits per heavy atom. The second-order valence-electron chi connectivity index (χ2n) is 9.36. The molecule has 28 heavy (non-hydrogen) atoms. The van der Waals surface area contributed by atoms with Crippen molar-refractivity contribution in [1.82, 2.24) is 9.80 Å². The number of benzene rings is 1. The molecule has 1 N–H and O–H groups in total. The van der Waals surface area contributed by atoms with E-state index in [0.717, 1.165) is 50.6 Å². The van der Waals surface area contributed by atoms with E-state index in [2.05, 4.69) is 36.6 Å². The molecule has 2 aliphatic rings. The summed E-state index contributed by atoms with van der Waals surface area (Å²) in [6.07, 6.45) is 1.42. The van der Waals surface area contributed by atoms with Crippen molar-refractivity contribution in [2.75, 3.05) is 57.8 Å². The zero-order chi connectivity index (χ0) is 20.4. The number of para-hydroxylation sites is 2. The number of carbonyl (C=O) groups is 1. The van der Waals surface area contributed by atoms with Gasteiger partial charge in [0.1, 0.15) is 5.75 Å². The lowest BCUT2D eigenvalue weighted by Gasteiger charge is -2.44. The van der Waals surface area contributed by atoms with E-state index < -0.39 is 5.60 Å². The average molecular weight is 390 g/mol. The van der Waals surface area contributed by atoms with Crippen LogP contribution < -0.4 is 9.64 Å². The number of methoxy groups -OCH3 is 1. The lowest BCUT2D eigenvalue weighted by Crippen LogP contribution is -2.61. The highest BCUT2D eigenvalue weighted by atomic mass is 16.5. The number of anilines is 1. The Kier molecular flexibility index (Phi) is 6.20. The van der Waals surface area contributed by atoms with Gasteiger partial charge in [0.25, 0.3) is 5.91 Å². The summed E-state index contributed by atoms with van der Waals surface area (Å²) in [4.78, 5) is 19.4. The van der Waals surface area contributed by atoms with Crippen molar-refractivity contribution in [3.8, 4) is 5.75 Å². The van der Waals surface area contributed by atoms with E-state index in [1.54, 1.807) is 7.11 Å². The number of β-amino-alcohol motifs (C(OH)–C–C–N with tert-alkyl or cyclic N) is 1. The van der Waals surface area contributed by atoms with Crippen LogP contribution in [0.4, 0.5) is 5.69 Å². The Labute approximate surface area is 169 Å². The number of amides is 1. The minimum atomic E-state index is -1.25. The summed E-state index contributed by atoms with van der Waals surface area (Å²) >= 11 is 0. The Balaban J connectivity index is 1.60. The Bertz CT molecular complexity index is 680. The fourth-order valence-corrected chi connectivity index (χ4v) is 4.34. The first-order chi connectivity index (χ1) is 13.2. The molecule has 6 nitrogen and oxygen atoms in total. The fourth-order valence-electron chi connectivity index (χ4n) is 4.34. The number of likely N-dealkylation sites (tertiary alicyclic amines) is 1. The predicted molar refractivity (Wildman–Crippen MR) is 112 cm³/mol. The van der Waals surface area contributed by atoms with Crippen molar-refractivity contribution in [2.45, 2.75) is 39.2 Å². The van der Waals surface area contributed by atoms with Gasteiger partial charge in [-0.15, -0.1) is 0 Å². The zero-order valence-corrected chi connectivity index (χ0v) is 17.8. The molecular formula is C22H35N3O3. The van der Waals surface area contributed by atoms with Crippen LogP contribution in [-0.2, 0) is 4.79 Å². The molecule has 6 heteroatoms. The molecule has 0 unspecified atom stereocenters. The maximum Gasteiger partial charge on any atom is 0.255 e. The number of hydrogen-bond acceptors (Lipinski definition) is 5. The number of ether oxygens (including phenoxy) is 1. The van der Waals surface area contributed by atoms with Crippen molar-refractivity contribution in [2.24, 2.45) is 5.41 Å². The topological polar surface area (TPSA) is 56.2 Å². The van der Waals surface area contributed by atoms with E-state index in [4.69, 9.17) is 4.74 Å². The van der Waals surface area contributed by atoms with Crippen molar-refractivity contribution < 1.29 is 14.6 Å². The van der Waals surface area contributed by atoms with Crippen LogP contribution in [-0.4, -0.2) is 79.3 Å². The van der Waals surface area contributed by atoms with Crippen LogP contribution >= 0.6 is 0 Å². The molecule has 2 saturated heterocycles. The van der Waals surface area contributed by atoms with E-state index in [-0.39, 0.29) is 11.3 Å². The van der Waals surface area contributed by atoms with Crippen molar-refractivity contribution in [1.29, 1.82) is 0 Å². The van der Waals surface area contributed by atoms with Gasteiger partial charge in [-0.2, -0.15) is 0 Å². The summed E-state index contributed by atoms with van der Waals surface area (Å²) < 4.78 is 5.48. The van der Waals surface area contributed by atoms with E-state index >= 15 is 0 Å². The van der Waals surface area contributed by atoms with E-state index in [1.807, 2.05) is 23.1 Å². The first-order valence-electron chi connectivity index (χ1n) is 10.3. The van der Waals surface area contributed by atoms with Gasteiger partial charge in [0.05, 0.1) is 12.8 Å². The summed E-state index contributed by atoms with van der Waals surface area (Å²) in [5.74, 6) is 0.788. The lowest BCUT2D eigenvalue weighted by molar-refractivity contribution is -0.161. The largest absolute Gasteiger partial charge is 0.495 e. The van der Waals surface area contributed by atoms with Crippen LogP contribution in [0, 0.1) is 5.41 Å². The van der Waals surface area contributed by atoms with Gasteiger partial charge in [-0.05, 0) is 30.4 Å². The SMILES string of the molecule is COc1ccccc1N1CCN(C[C@@]2(O)CCCN(CC(C)(C)C)C2=O)CC1. The molecule has 0 radical (unpaired) electrons. The number of aliphatic hydroxyl groups is 1. The second-order valence-corrected chi connectivity index (χ2v) is 9.36. The molecule has 2 aliphatic heterocycles. The van der Waals surface area contributed by atoms with Gasteiger partial charge in [0, 0.05) is 45.8 Å². The maximum atomic E-state index is 13.0. The minimum absolute atomic E-state index is 0.0360. The first-order valence-corrected chi connectivity index (χ1v) is 10.3. The number of nitrogens with zero attached hydrogens (tertiary/aromatic N) is 3. The van der Waals surface area contributed by atoms with Crippen LogP contribution in [0.5, 0.6) is 5.75 Å². The number of hydrogen-bond donors (Lipinski definition) is 1. The smallest absolute Gasteiger partial charge is 0.255 e. The van der Waals surface area contributed by atoms with E-state index in [1.165, 1.54) is 0 Å². The number of piperazine rings is 1. The number of rotatable bonds is 5. The monoisotopic (exact) mass is 389 g/mol. The maximum absolute atomic E-state index is 13.0. The third kappa shape index (κ3) is 4.78. The molecule has 1 aromatic rings. The third-order valence-electron chi connectivity index (χ3n) is 5.65. The molecule has 1 atom stereocenters. The highest BCUT2D eigenvalue weighted by Crippen LogP contribution is 2.30. The molecule has 1 amide bonds. The summed E-state index contributed by atoms with van der Waals surface area (Å²) in [6, 6.07) is 8.07. The summed E-state index contributed by atoms with van der Waals surface area (Å²) in [5, 5.41) is 11.2. The molecular weight excluding hydrogens is 354 g/mol. The molecule has 3 rings (SSSR count). The molecule has 0 aromatic heterocycles. The third-order valence-corrected chi connectivity index (χ3v) is 5.65. The van der Waals surface area contributed by atoms with Crippen LogP contribution in [0.25, 0.3) is 0 Å². The Morgan fingerprint density at radius 2 is 1.79 bits per heavy atom. The zero-order valence-electron chi connectivity index (χ0n) is 17.8. The number of carbonyl (C=O) groups excluding carboxylic acids is 1. The summed E-state index contributed by atoms with van der Waals surface area (Å²) in [6.45, 7) is 11.6. The number of piperidine rings is 1. The van der Waals surface area contributed by atoms with E-state index in [0.29, 0.717) is 19.5 Å². The van der Waals surface area contributed by atoms with Crippen molar-refractivity contribution in [3.05, 3.63) is 24.3 Å². The quantitative estimate of drug-likeness (QED) is 0.837. The van der Waals surface area contributed by atoms with Gasteiger partial charge in [-0.1, -0.05) is 32.9 Å². The van der Waals surface area contributed by atoms with Crippen LogP contribution in [0.1, 0.15) is 33.6 Å². The van der Waals surface area contributed by atoms with Gasteiger partial charge in [-0.25, -0.2) is 0 Å². The van der Waals surface area contributed by atoms with E-state index in [9.17, 15) is 9.90 Å². The van der Waals surface area contributed by atoms with Gasteiger partial charge >= 0.3 is 0 Å². The molecule has 0 aliphatic carbocycles. The Hall–Kier alpha value is -1.79. The minimum Gasteiger partial charge on any atom is -0.495 e. The van der Waals surface area contributed by atoms with Crippen LogP contribution in [0.3, 0.4) is 0 Å². The van der Waals surface area contributed by atoms with Crippen molar-refractivity contribution >= 4 is 11.6 Å². The van der Waals surface area contributed by atoms with Crippen molar-refractivity contribution in [3.63, 3.8) is 0 Å². The predicted octanol–water partition coefficient (Wildman–Crippen LogP) is 2.22. The summed E-state index contributed by atoms with van der Waals surface area (Å²) in [7, 11) is 1.70. The molecule has 2 heterocycles. The summed E-state index contributed by atoms with van der Waals surface area (Å²) in [5.41, 5.74) is -0.113. The van der Waals surface area contributed by atoms with Gasteiger partial charge < -0.3 is 19.6 Å². The standard InChI is InChI=1S/C22H35N3O3/c1-21(2,3)16-25-11-7-10-22(27,20(25)26)17-23-12-14-24(15-13-23)18-8-5-6-9-19(18)28-4/h5-6,8-9,27H,7,10-17H2,1-4H3/t22-/m0/s1. The molecule has 0 bridgehead atoms. The lowest BCUT2D eigenvalue weighted by atomic mass is 9.88. The molecule has 2 fully saturated rings. The average Bonchev–Trinajstić information content (AvgIpc) is 2.65.